The van der Waals surface area contributed by atoms with Crippen LogP contribution in [0.4, 0.5) is 0 Å². The van der Waals surface area contributed by atoms with E-state index in [1.165, 1.54) is 0 Å². The Kier molecular flexibility index (Phi) is 6.20. The fourth-order valence-corrected chi connectivity index (χ4v) is 6.53. The normalized spacial score (nSPS) is 24.0. The second-order valence-electron chi connectivity index (χ2n) is 7.68. The van der Waals surface area contributed by atoms with Gasteiger partial charge in [-0.1, -0.05) is 36.4 Å². The maximum atomic E-state index is 12.9. The fraction of sp³-hybridized carbons (Fsp3) is 0.632. The Morgan fingerprint density at radius 3 is 2.56 bits per heavy atom. The first kappa shape index (κ1) is 20.6. The molecule has 2 atom stereocenters. The number of aryl methyl sites for hydroxylation is 1. The molecule has 1 amide bonds. The first-order chi connectivity index (χ1) is 12.8. The van der Waals surface area contributed by atoms with Crippen LogP contribution in [0.1, 0.15) is 38.7 Å². The Labute approximate surface area is 166 Å². The molecule has 0 saturated carbocycles. The van der Waals surface area contributed by atoms with E-state index in [4.69, 9.17) is 0 Å². The van der Waals surface area contributed by atoms with Crippen molar-refractivity contribution in [3.8, 4) is 0 Å². The van der Waals surface area contributed by atoms with Crippen LogP contribution in [0.3, 0.4) is 0 Å². The number of quaternary nitrogens is 1. The van der Waals surface area contributed by atoms with Crippen molar-refractivity contribution in [3.63, 3.8) is 0 Å². The van der Waals surface area contributed by atoms with Crippen LogP contribution in [0.25, 0.3) is 0 Å². The lowest BCUT2D eigenvalue weighted by Gasteiger charge is -2.35. The smallest absolute Gasteiger partial charge is 0.279 e. The molecule has 0 radical (unpaired) electrons. The standard InChI is InChI=1S/C19H29N3O3S2/c1-4-15(3)20-18(23)17-13-26-19(21-17)9-11-22(12-10-19)27(24,25)16-7-5-14(2)6-8-16/h5-8,15,17,21H,4,9-13H2,1-3H3,(H,20,23)/p+1/t15-,17-/m1/s1. The van der Waals surface area contributed by atoms with Gasteiger partial charge in [-0.15, -0.1) is 0 Å². The Morgan fingerprint density at radius 1 is 1.33 bits per heavy atom. The lowest BCUT2D eigenvalue weighted by Crippen LogP contribution is -3.00. The Bertz CT molecular complexity index is 772. The SMILES string of the molecule is CC[C@@H](C)NC(=O)[C@H]1CSC2(CCN(S(=O)(=O)c3ccc(C)cc3)CC2)[NH2+]1. The van der Waals surface area contributed by atoms with Crippen LogP contribution in [-0.2, 0) is 14.8 Å². The van der Waals surface area contributed by atoms with Gasteiger partial charge in [-0.05, 0) is 32.4 Å². The number of rotatable bonds is 5. The number of nitrogens with two attached hydrogens (primary N) is 1. The molecule has 1 spiro atoms. The molecule has 0 bridgehead atoms. The van der Waals surface area contributed by atoms with E-state index in [1.807, 2.05) is 37.7 Å². The summed E-state index contributed by atoms with van der Waals surface area (Å²) in [6.45, 7) is 7.02. The zero-order chi connectivity index (χ0) is 19.7. The van der Waals surface area contributed by atoms with Gasteiger partial charge in [-0.3, -0.25) is 4.79 Å². The highest BCUT2D eigenvalue weighted by Crippen LogP contribution is 2.35. The van der Waals surface area contributed by atoms with Crippen molar-refractivity contribution in [1.82, 2.24) is 9.62 Å². The highest BCUT2D eigenvalue weighted by Gasteiger charge is 2.49. The van der Waals surface area contributed by atoms with Crippen LogP contribution in [0.5, 0.6) is 0 Å². The van der Waals surface area contributed by atoms with Gasteiger partial charge in [0, 0.05) is 32.0 Å². The van der Waals surface area contributed by atoms with Gasteiger partial charge in [0.1, 0.15) is 4.87 Å². The molecule has 1 aromatic rings. The van der Waals surface area contributed by atoms with Crippen molar-refractivity contribution in [2.24, 2.45) is 0 Å². The number of thioether (sulfide) groups is 1. The van der Waals surface area contributed by atoms with Crippen molar-refractivity contribution in [2.45, 2.75) is 61.9 Å². The Balaban J connectivity index is 1.60. The number of sulfonamides is 1. The molecule has 6 nitrogen and oxygen atoms in total. The summed E-state index contributed by atoms with van der Waals surface area (Å²) in [5.74, 6) is 0.885. The molecule has 3 N–H and O–H groups in total. The number of hydrogen-bond acceptors (Lipinski definition) is 4. The van der Waals surface area contributed by atoms with E-state index in [2.05, 4.69) is 17.6 Å². The number of amides is 1. The summed E-state index contributed by atoms with van der Waals surface area (Å²) in [7, 11) is -3.44. The van der Waals surface area contributed by atoms with Crippen LogP contribution in [0.15, 0.2) is 29.2 Å². The zero-order valence-electron chi connectivity index (χ0n) is 16.3. The van der Waals surface area contributed by atoms with Gasteiger partial charge in [0.25, 0.3) is 5.91 Å². The van der Waals surface area contributed by atoms with E-state index in [9.17, 15) is 13.2 Å². The van der Waals surface area contributed by atoms with E-state index in [1.54, 1.807) is 16.4 Å². The van der Waals surface area contributed by atoms with E-state index in [-0.39, 0.29) is 22.9 Å². The van der Waals surface area contributed by atoms with Crippen molar-refractivity contribution in [1.29, 1.82) is 0 Å². The third kappa shape index (κ3) is 4.50. The van der Waals surface area contributed by atoms with Gasteiger partial charge < -0.3 is 10.6 Å². The number of carbonyl (C=O) groups excluding carboxylic acids is 1. The molecule has 8 heteroatoms. The van der Waals surface area contributed by atoms with E-state index < -0.39 is 10.0 Å². The minimum Gasteiger partial charge on any atom is -0.348 e. The van der Waals surface area contributed by atoms with Crippen LogP contribution in [-0.4, -0.2) is 54.4 Å². The monoisotopic (exact) mass is 412 g/mol. The van der Waals surface area contributed by atoms with Crippen molar-refractivity contribution in [3.05, 3.63) is 29.8 Å². The summed E-state index contributed by atoms with van der Waals surface area (Å²) in [6, 6.07) is 7.14. The predicted molar refractivity (Wildman–Crippen MR) is 108 cm³/mol. The lowest BCUT2D eigenvalue weighted by atomic mass is 10.0. The first-order valence-corrected chi connectivity index (χ1v) is 12.1. The topological polar surface area (TPSA) is 83.1 Å². The summed E-state index contributed by atoms with van der Waals surface area (Å²) in [5.41, 5.74) is 1.05. The number of nitrogens with zero attached hydrogens (tertiary/aromatic N) is 1. The van der Waals surface area contributed by atoms with Crippen LogP contribution < -0.4 is 10.6 Å². The molecular weight excluding hydrogens is 382 g/mol. The summed E-state index contributed by atoms with van der Waals surface area (Å²) in [4.78, 5) is 12.7. The zero-order valence-corrected chi connectivity index (χ0v) is 17.9. The molecule has 0 aliphatic carbocycles. The van der Waals surface area contributed by atoms with Crippen molar-refractivity contribution in [2.75, 3.05) is 18.8 Å². The molecule has 2 aliphatic rings. The maximum Gasteiger partial charge on any atom is 0.279 e. The molecule has 150 valence electrons. The third-order valence-corrected chi connectivity index (χ3v) is 9.18. The van der Waals surface area contributed by atoms with Gasteiger partial charge in [0.05, 0.1) is 10.6 Å². The summed E-state index contributed by atoms with van der Waals surface area (Å²) >= 11 is 1.81. The largest absolute Gasteiger partial charge is 0.348 e. The number of hydrogen-bond donors (Lipinski definition) is 2. The second kappa shape index (κ2) is 8.11. The molecule has 2 aliphatic heterocycles. The van der Waals surface area contributed by atoms with Gasteiger partial charge in [0.2, 0.25) is 10.0 Å². The highest BCUT2D eigenvalue weighted by molar-refractivity contribution is 8.00. The molecule has 3 rings (SSSR count). The third-order valence-electron chi connectivity index (χ3n) is 5.62. The van der Waals surface area contributed by atoms with Crippen molar-refractivity contribution >= 4 is 27.7 Å². The number of benzene rings is 1. The minimum absolute atomic E-state index is 0.0727. The van der Waals surface area contributed by atoms with E-state index in [0.717, 1.165) is 30.6 Å². The van der Waals surface area contributed by atoms with E-state index >= 15 is 0 Å². The molecule has 2 heterocycles. The molecular formula is C19H30N3O3S2+. The highest BCUT2D eigenvalue weighted by atomic mass is 32.2. The predicted octanol–water partition coefficient (Wildman–Crippen LogP) is 1.07. The Hall–Kier alpha value is -1.09. The average molecular weight is 413 g/mol. The number of nitrogens with one attached hydrogen (secondary N) is 1. The molecule has 1 aromatic carbocycles. The minimum atomic E-state index is -3.44. The van der Waals surface area contributed by atoms with E-state index in [0.29, 0.717) is 18.0 Å². The lowest BCUT2D eigenvalue weighted by molar-refractivity contribution is -0.714. The van der Waals surface area contributed by atoms with Crippen LogP contribution in [0.2, 0.25) is 0 Å². The summed E-state index contributed by atoms with van der Waals surface area (Å²) < 4.78 is 27.3. The second-order valence-corrected chi connectivity index (χ2v) is 11.1. The van der Waals surface area contributed by atoms with Gasteiger partial charge in [-0.2, -0.15) is 4.31 Å². The first-order valence-electron chi connectivity index (χ1n) is 9.63. The maximum absolute atomic E-state index is 12.9. The number of piperidine rings is 1. The van der Waals surface area contributed by atoms with Gasteiger partial charge in [-0.25, -0.2) is 8.42 Å². The van der Waals surface area contributed by atoms with Crippen molar-refractivity contribution < 1.29 is 18.5 Å². The van der Waals surface area contributed by atoms with Crippen LogP contribution >= 0.6 is 11.8 Å². The molecule has 0 aromatic heterocycles. The molecule has 2 fully saturated rings. The Morgan fingerprint density at radius 2 is 1.96 bits per heavy atom. The average Bonchev–Trinajstić information content (AvgIpc) is 3.06. The van der Waals surface area contributed by atoms with Gasteiger partial charge in [0.15, 0.2) is 6.04 Å². The molecule has 27 heavy (non-hydrogen) atoms. The summed E-state index contributed by atoms with van der Waals surface area (Å²) in [5, 5.41) is 5.23. The van der Waals surface area contributed by atoms with Gasteiger partial charge >= 0.3 is 0 Å². The quantitative estimate of drug-likeness (QED) is 0.758. The number of carbonyl (C=O) groups is 1. The fourth-order valence-electron chi connectivity index (χ4n) is 3.60. The van der Waals surface area contributed by atoms with Crippen LogP contribution in [0, 0.1) is 6.92 Å². The summed E-state index contributed by atoms with van der Waals surface area (Å²) in [6.07, 6.45) is 2.44. The molecule has 0 unspecified atom stereocenters. The molecule has 2 saturated heterocycles.